The number of likely N-dealkylation sites (tertiary alicyclic amines) is 3. The minimum absolute atomic E-state index is 0.207. The van der Waals surface area contributed by atoms with E-state index in [1.165, 1.54) is 34.2 Å². The average Bonchev–Trinajstić information content (AvgIpc) is 1.35. The molecule has 0 saturated carbocycles. The number of phenols is 1. The predicted molar refractivity (Wildman–Crippen MR) is 593 cm³/mol. The molecule has 11 heterocycles. The maximum absolute atomic E-state index is 10.4. The SMILES string of the molecule is BrCc1ncccc1Br.Brc1cccnc1CP(Br)(c1ccccc1)(c1ccccc1)c1ccccc1.CN1CC(c2ccc(Cl)cc2O)C(c2ncccc2Br)C1.CN1C[C@@H]2c3ncccc3Oc3cc(Cl)ccc3[C@@H]2C1.COc1cc(Cl)ccc1/C=C\c1ncccc1Br.COc1cc(Cl)ccc1C1CN(C)CC1c1ncccc1Br.COc1cc(Cl)ccc1C=O.Cc1ncccc1Br. The summed E-state index contributed by atoms with van der Waals surface area (Å²) in [7, 11) is 11.2. The molecule has 0 spiro atoms. The summed E-state index contributed by atoms with van der Waals surface area (Å²) < 4.78 is 28.0. The van der Waals surface area contributed by atoms with Gasteiger partial charge in [0, 0.05) is 170 Å². The molecule has 1 N–H and O–H groups in total. The third-order valence-corrected chi connectivity index (χ3v) is 38.8. The molecule has 4 aliphatic rings. The van der Waals surface area contributed by atoms with Crippen LogP contribution in [-0.4, -0.2) is 143 Å². The number of aromatic nitrogens is 7. The van der Waals surface area contributed by atoms with Gasteiger partial charge in [-0.05, 0) is 282 Å². The maximum atomic E-state index is 10.4. The molecular weight excluding hydrogens is 2370 g/mol. The van der Waals surface area contributed by atoms with Crippen LogP contribution in [0.15, 0.2) is 337 Å². The number of hydrogen-bond acceptors (Lipinski definition) is 16. The minimum atomic E-state index is -2.99. The van der Waals surface area contributed by atoms with E-state index in [0.717, 1.165) is 158 Å². The monoisotopic (exact) mass is 2460 g/mol. The second-order valence-electron chi connectivity index (χ2n) is 32.3. The first-order valence-electron chi connectivity index (χ1n) is 43.3. The summed E-state index contributed by atoms with van der Waals surface area (Å²) in [5, 5.41) is 15.1. The van der Waals surface area contributed by atoms with Crippen molar-refractivity contribution < 1.29 is 28.8 Å². The number of carbonyl (C=O) groups excluding carboxylic acids is 1. The number of likely N-dealkylation sites (N-methyl/N-ethyl adjacent to an activating group) is 3. The Kier molecular flexibility index (Phi) is 41.3. The number of ether oxygens (including phenoxy) is 4. The molecule has 3 fully saturated rings. The van der Waals surface area contributed by atoms with Crippen molar-refractivity contribution in [1.29, 1.82) is 0 Å². The fraction of sp³-hybridized carbons (Fsp3) is 0.196. The number of aldehydes is 1. The van der Waals surface area contributed by atoms with Crippen LogP contribution in [0, 0.1) is 6.92 Å². The Morgan fingerprint density at radius 2 is 0.752 bits per heavy atom. The van der Waals surface area contributed by atoms with E-state index in [9.17, 15) is 9.90 Å². The van der Waals surface area contributed by atoms with Crippen LogP contribution >= 0.6 is 190 Å². The van der Waals surface area contributed by atoms with Gasteiger partial charge in [0.2, 0.25) is 0 Å². The van der Waals surface area contributed by atoms with Crippen molar-refractivity contribution in [3.05, 3.63) is 430 Å². The van der Waals surface area contributed by atoms with E-state index < -0.39 is 5.31 Å². The standard InChI is InChI=1S/C24H20Br2NP.C17H18BrClN2O.C16H16BrClN2O.C16H15ClN2O.C14H11BrClNO.C8H7ClO2.C6H5Br2N.C6H6BrN/c25-23-17-10-18-27-24(23)19-28(26,20-11-4-1-5-12-20,21-13-6-2-7-14-21)22-15-8-3-9-16-22;1-21-9-13(12-6-5-11(19)8-16(12)22-2)14(10-21)17-15(18)4-3-7-20-17;1-20-8-12(11-5-4-10(18)7-15(11)21)13(9-20)16-14(17)3-2-6-19-16;1-19-8-12-11-5-4-10(17)7-15(11)20-14-3-2-6-18-16(14)13(12)9-19;1-18-14-9-11(16)6-4-10(14)5-7-13-12(15)3-2-8-17-13;1-11-8-4-7(9)3-2-6(8)5-10;7-4-6-5(8)2-1-3-9-6;1-5-6(7)3-2-4-8-5/h1-18H,19H2;3-8,13-14H,9-10H2,1-2H3;2-7,12-13,21H,8-9H2,1H3;2-7,12-13H,8-9H2,1H3;2-9H,1H3;2-5H,1H3;1-3H,4H2;2-4H,1H3/b;;;;7-5-;;;/t;;;12-,13-;;;;/m...0..../s1. The molecule has 0 amide bonds. The molecule has 0 aliphatic carbocycles. The predicted octanol–water partition coefficient (Wildman–Crippen LogP) is 29.9. The van der Waals surface area contributed by atoms with E-state index in [0.29, 0.717) is 60.1 Å². The Balaban J connectivity index is 0.000000144. The zero-order chi connectivity index (χ0) is 97.7. The number of methoxy groups -OCH3 is 3. The number of fused-ring (bicyclic) bond motifs is 5. The number of benzene rings is 8. The van der Waals surface area contributed by atoms with Gasteiger partial charge in [0.1, 0.15) is 34.5 Å². The van der Waals surface area contributed by atoms with Crippen molar-refractivity contribution in [3.8, 4) is 34.5 Å². The fourth-order valence-corrected chi connectivity index (χ4v) is 28.6. The summed E-state index contributed by atoms with van der Waals surface area (Å²) in [4.78, 5) is 48.2. The third kappa shape index (κ3) is 28.4. The summed E-state index contributed by atoms with van der Waals surface area (Å²) >= 11 is 58.6. The normalized spacial score (nSPS) is 16.5. The van der Waals surface area contributed by atoms with Gasteiger partial charge >= 0.3 is 183 Å². The Labute approximate surface area is 893 Å². The van der Waals surface area contributed by atoms with Crippen molar-refractivity contribution in [2.75, 3.05) is 81.7 Å². The van der Waals surface area contributed by atoms with E-state index in [1.807, 2.05) is 165 Å². The number of carbonyl (C=O) groups is 1. The molecule has 6 atom stereocenters. The van der Waals surface area contributed by atoms with Gasteiger partial charge in [-0.2, -0.15) is 0 Å². The molecule has 16 nitrogen and oxygen atoms in total. The Morgan fingerprint density at radius 3 is 1.20 bits per heavy atom. The van der Waals surface area contributed by atoms with E-state index in [1.54, 1.807) is 63.1 Å². The number of hydrogen-bond donors (Lipinski definition) is 1. The molecule has 4 aliphatic heterocycles. The van der Waals surface area contributed by atoms with Crippen molar-refractivity contribution in [1.82, 2.24) is 49.6 Å². The number of halogens is 13. The molecule has 7 aromatic heterocycles. The summed E-state index contributed by atoms with van der Waals surface area (Å²) in [6.45, 7) is 7.77. The minimum Gasteiger partial charge on any atom is -0.508 e. The van der Waals surface area contributed by atoms with E-state index in [4.69, 9.17) is 81.9 Å². The van der Waals surface area contributed by atoms with Gasteiger partial charge in [0.25, 0.3) is 0 Å². The largest absolute Gasteiger partial charge is 0.508 e. The number of nitrogens with zero attached hydrogens (tertiary/aromatic N) is 10. The summed E-state index contributed by atoms with van der Waals surface area (Å²) in [5.41, 5.74) is 12.0. The average molecular weight is 2470 g/mol. The number of aryl methyl sites for hydroxylation is 1. The summed E-state index contributed by atoms with van der Waals surface area (Å²) in [5.74, 6) is 6.02. The topological polar surface area (TPSA) is 174 Å². The first kappa shape index (κ1) is 108. The van der Waals surface area contributed by atoms with Gasteiger partial charge in [-0.1, -0.05) is 92.1 Å². The number of alkyl halides is 1. The van der Waals surface area contributed by atoms with Crippen LogP contribution in [0.1, 0.15) is 108 Å². The molecule has 3 saturated heterocycles. The van der Waals surface area contributed by atoms with Crippen LogP contribution in [0.3, 0.4) is 0 Å². The zero-order valence-electron chi connectivity index (χ0n) is 75.6. The van der Waals surface area contributed by atoms with Gasteiger partial charge in [0.15, 0.2) is 6.29 Å². The van der Waals surface area contributed by atoms with Crippen LogP contribution in [0.4, 0.5) is 0 Å². The molecule has 708 valence electrons. The van der Waals surface area contributed by atoms with Gasteiger partial charge in [-0.3, -0.25) is 34.7 Å². The van der Waals surface area contributed by atoms with Gasteiger partial charge < -0.3 is 38.8 Å². The van der Waals surface area contributed by atoms with Crippen molar-refractivity contribution in [3.63, 3.8) is 0 Å². The molecule has 0 bridgehead atoms. The number of phenolic OH excluding ortho intramolecular Hbond substituents is 1. The van der Waals surface area contributed by atoms with E-state index >= 15 is 0 Å². The van der Waals surface area contributed by atoms with Gasteiger partial charge in [-0.25, -0.2) is 0 Å². The van der Waals surface area contributed by atoms with Crippen molar-refractivity contribution in [2.45, 2.75) is 53.9 Å². The van der Waals surface area contributed by atoms with E-state index in [-0.39, 0.29) is 17.6 Å². The van der Waals surface area contributed by atoms with Crippen LogP contribution in [0.25, 0.3) is 12.2 Å². The number of rotatable bonds is 16. The van der Waals surface area contributed by atoms with Crippen LogP contribution in [0.2, 0.25) is 25.1 Å². The van der Waals surface area contributed by atoms with Crippen LogP contribution < -0.4 is 34.9 Å². The maximum Gasteiger partial charge on any atom is 0.153 e. The van der Waals surface area contributed by atoms with Gasteiger partial charge in [0.05, 0.1) is 61.1 Å². The first-order chi connectivity index (χ1) is 66.1. The summed E-state index contributed by atoms with van der Waals surface area (Å²) in [6, 6.07) is 87.5. The second kappa shape index (κ2) is 52.5. The van der Waals surface area contributed by atoms with Crippen molar-refractivity contribution >= 4 is 225 Å². The molecule has 8 aromatic carbocycles. The Morgan fingerprint density at radius 1 is 0.380 bits per heavy atom. The first-order valence-corrected chi connectivity index (χ1v) is 55.5. The summed E-state index contributed by atoms with van der Waals surface area (Å²) in [6.07, 6.45) is 18.1. The number of pyridine rings is 7. The van der Waals surface area contributed by atoms with Crippen LogP contribution in [-0.2, 0) is 11.5 Å². The molecule has 0 radical (unpaired) electrons. The van der Waals surface area contributed by atoms with E-state index in [2.05, 4.69) is 308 Å². The molecule has 137 heavy (non-hydrogen) atoms. The number of aromatic hydroxyl groups is 1. The molecule has 19 rings (SSSR count). The van der Waals surface area contributed by atoms with Gasteiger partial charge in [-0.15, -0.1) is 0 Å². The second-order valence-corrected chi connectivity index (χ2v) is 49.1. The quantitative estimate of drug-likeness (QED) is 0.0549. The Bertz CT molecular complexity index is 6450. The smallest absolute Gasteiger partial charge is 0.153 e. The third-order valence-electron chi connectivity index (χ3n) is 23.3. The van der Waals surface area contributed by atoms with Crippen molar-refractivity contribution in [2.24, 2.45) is 0 Å². The molecule has 4 unspecified atom stereocenters. The fourth-order valence-electron chi connectivity index (χ4n) is 16.8. The molecule has 30 heteroatoms. The molecule has 15 aromatic rings. The molecular formula is C107H98Br8Cl5N10O6P. The van der Waals surface area contributed by atoms with Crippen LogP contribution in [0.5, 0.6) is 34.5 Å². The Hall–Kier alpha value is -8.18. The zero-order valence-corrected chi connectivity index (χ0v) is 93.0.